The SMILES string of the molecule is CC(C)c1nnc(CCC(=O)N2CCCCCCCc3ccccc3OCC2)o1. The van der Waals surface area contributed by atoms with Gasteiger partial charge in [-0.05, 0) is 30.9 Å². The third-order valence-corrected chi connectivity index (χ3v) is 5.35. The molecule has 3 rings (SSSR count). The summed E-state index contributed by atoms with van der Waals surface area (Å²) in [5, 5.41) is 8.11. The predicted molar refractivity (Wildman–Crippen MR) is 112 cm³/mol. The van der Waals surface area contributed by atoms with Crippen LogP contribution in [0.5, 0.6) is 5.75 Å². The van der Waals surface area contributed by atoms with Gasteiger partial charge in [-0.25, -0.2) is 0 Å². The minimum atomic E-state index is 0.126. The van der Waals surface area contributed by atoms with E-state index >= 15 is 0 Å². The van der Waals surface area contributed by atoms with Crippen molar-refractivity contribution in [1.29, 1.82) is 0 Å². The van der Waals surface area contributed by atoms with Crippen LogP contribution in [-0.2, 0) is 17.6 Å². The van der Waals surface area contributed by atoms with Gasteiger partial charge in [0.15, 0.2) is 0 Å². The second-order valence-corrected chi connectivity index (χ2v) is 8.04. The Morgan fingerprint density at radius 1 is 1.07 bits per heavy atom. The van der Waals surface area contributed by atoms with Crippen LogP contribution in [0.25, 0.3) is 0 Å². The molecule has 6 nitrogen and oxygen atoms in total. The van der Waals surface area contributed by atoms with E-state index < -0.39 is 0 Å². The maximum atomic E-state index is 12.8. The minimum Gasteiger partial charge on any atom is -0.491 e. The van der Waals surface area contributed by atoms with Crippen molar-refractivity contribution in [3.05, 3.63) is 41.6 Å². The van der Waals surface area contributed by atoms with Gasteiger partial charge in [0.2, 0.25) is 17.7 Å². The summed E-state index contributed by atoms with van der Waals surface area (Å²) >= 11 is 0. The normalized spacial score (nSPS) is 16.3. The van der Waals surface area contributed by atoms with Gasteiger partial charge in [0, 0.05) is 25.3 Å². The number of para-hydroxylation sites is 1. The lowest BCUT2D eigenvalue weighted by Crippen LogP contribution is -2.35. The van der Waals surface area contributed by atoms with Crippen LogP contribution >= 0.6 is 0 Å². The first-order chi connectivity index (χ1) is 14.1. The number of aromatic nitrogens is 2. The standard InChI is InChI=1S/C23H33N3O3/c1-18(2)23-25-24-21(29-23)13-14-22(27)26-15-9-5-3-4-6-10-19-11-7-8-12-20(19)28-17-16-26/h7-8,11-12,18H,3-6,9-10,13-17H2,1-2H3. The number of hydrogen-bond donors (Lipinski definition) is 0. The van der Waals surface area contributed by atoms with Crippen molar-refractivity contribution < 1.29 is 13.9 Å². The number of carbonyl (C=O) groups excluding carboxylic acids is 1. The van der Waals surface area contributed by atoms with Crippen molar-refractivity contribution in [3.63, 3.8) is 0 Å². The summed E-state index contributed by atoms with van der Waals surface area (Å²) in [5.74, 6) is 2.44. The van der Waals surface area contributed by atoms with Crippen molar-refractivity contribution in [2.24, 2.45) is 0 Å². The molecule has 0 N–H and O–H groups in total. The number of aryl methyl sites for hydroxylation is 2. The van der Waals surface area contributed by atoms with Crippen LogP contribution in [0, 0.1) is 0 Å². The number of amides is 1. The van der Waals surface area contributed by atoms with E-state index in [1.165, 1.54) is 24.8 Å². The van der Waals surface area contributed by atoms with Crippen LogP contribution < -0.4 is 4.74 Å². The van der Waals surface area contributed by atoms with Crippen LogP contribution in [0.4, 0.5) is 0 Å². The second-order valence-electron chi connectivity index (χ2n) is 8.04. The number of benzene rings is 1. The topological polar surface area (TPSA) is 68.5 Å². The molecule has 0 atom stereocenters. The third kappa shape index (κ3) is 6.58. The fraction of sp³-hybridized carbons (Fsp3) is 0.609. The summed E-state index contributed by atoms with van der Waals surface area (Å²) < 4.78 is 11.7. The molecule has 1 aliphatic heterocycles. The molecular weight excluding hydrogens is 366 g/mol. The molecular formula is C23H33N3O3. The van der Waals surface area contributed by atoms with Gasteiger partial charge in [0.25, 0.3) is 0 Å². The number of nitrogens with zero attached hydrogens (tertiary/aromatic N) is 3. The highest BCUT2D eigenvalue weighted by Crippen LogP contribution is 2.21. The number of ether oxygens (including phenoxy) is 1. The molecule has 158 valence electrons. The van der Waals surface area contributed by atoms with Crippen LogP contribution in [0.3, 0.4) is 0 Å². The molecule has 6 heteroatoms. The van der Waals surface area contributed by atoms with Gasteiger partial charge >= 0.3 is 0 Å². The molecule has 1 aromatic heterocycles. The van der Waals surface area contributed by atoms with Crippen LogP contribution in [-0.4, -0.2) is 40.7 Å². The number of rotatable bonds is 4. The summed E-state index contributed by atoms with van der Waals surface area (Å²) in [6.45, 7) is 5.93. The predicted octanol–water partition coefficient (Wildman–Crippen LogP) is 4.54. The summed E-state index contributed by atoms with van der Waals surface area (Å²) in [5.41, 5.74) is 1.27. The molecule has 1 amide bonds. The van der Waals surface area contributed by atoms with Crippen molar-refractivity contribution in [3.8, 4) is 5.75 Å². The lowest BCUT2D eigenvalue weighted by Gasteiger charge is -2.23. The average Bonchev–Trinajstić information content (AvgIpc) is 3.20. The van der Waals surface area contributed by atoms with E-state index in [1.807, 2.05) is 30.9 Å². The number of carbonyl (C=O) groups is 1. The fourth-order valence-corrected chi connectivity index (χ4v) is 3.60. The van der Waals surface area contributed by atoms with Gasteiger partial charge < -0.3 is 14.1 Å². The first-order valence-corrected chi connectivity index (χ1v) is 10.9. The molecule has 2 aromatic rings. The molecule has 0 unspecified atom stereocenters. The fourth-order valence-electron chi connectivity index (χ4n) is 3.60. The Balaban J connectivity index is 1.57. The largest absolute Gasteiger partial charge is 0.491 e. The molecule has 29 heavy (non-hydrogen) atoms. The zero-order valence-corrected chi connectivity index (χ0v) is 17.7. The highest BCUT2D eigenvalue weighted by Gasteiger charge is 2.17. The molecule has 0 saturated carbocycles. The van der Waals surface area contributed by atoms with E-state index in [4.69, 9.17) is 9.15 Å². The quantitative estimate of drug-likeness (QED) is 0.755. The smallest absolute Gasteiger partial charge is 0.223 e. The van der Waals surface area contributed by atoms with E-state index in [2.05, 4.69) is 22.3 Å². The van der Waals surface area contributed by atoms with E-state index in [0.29, 0.717) is 37.8 Å². The van der Waals surface area contributed by atoms with Crippen molar-refractivity contribution in [2.75, 3.05) is 19.7 Å². The van der Waals surface area contributed by atoms with Gasteiger partial charge in [-0.2, -0.15) is 0 Å². The minimum absolute atomic E-state index is 0.126. The van der Waals surface area contributed by atoms with Gasteiger partial charge in [0.05, 0.1) is 6.54 Å². The summed E-state index contributed by atoms with van der Waals surface area (Å²) in [6.07, 6.45) is 7.75. The van der Waals surface area contributed by atoms with Gasteiger partial charge in [-0.15, -0.1) is 10.2 Å². The molecule has 1 aromatic carbocycles. The molecule has 0 saturated heterocycles. The maximum Gasteiger partial charge on any atom is 0.223 e. The molecule has 0 radical (unpaired) electrons. The number of fused-ring (bicyclic) bond motifs is 1. The Morgan fingerprint density at radius 3 is 2.69 bits per heavy atom. The summed E-state index contributed by atoms with van der Waals surface area (Å²) in [7, 11) is 0. The maximum absolute atomic E-state index is 12.8. The van der Waals surface area contributed by atoms with Crippen LogP contribution in [0.1, 0.15) is 75.6 Å². The number of hydrogen-bond acceptors (Lipinski definition) is 5. The monoisotopic (exact) mass is 399 g/mol. The van der Waals surface area contributed by atoms with Crippen molar-refractivity contribution in [2.45, 2.75) is 71.1 Å². The zero-order chi connectivity index (χ0) is 20.5. The van der Waals surface area contributed by atoms with Crippen molar-refractivity contribution >= 4 is 5.91 Å². The van der Waals surface area contributed by atoms with E-state index in [9.17, 15) is 4.79 Å². The highest BCUT2D eigenvalue weighted by atomic mass is 16.5. The molecule has 0 fully saturated rings. The molecule has 2 heterocycles. The Hall–Kier alpha value is -2.37. The molecule has 0 bridgehead atoms. The second kappa shape index (κ2) is 11.0. The zero-order valence-electron chi connectivity index (χ0n) is 17.7. The lowest BCUT2D eigenvalue weighted by molar-refractivity contribution is -0.131. The summed E-state index contributed by atoms with van der Waals surface area (Å²) in [4.78, 5) is 14.8. The Bertz CT molecular complexity index is 772. The van der Waals surface area contributed by atoms with Crippen LogP contribution in [0.2, 0.25) is 0 Å². The molecule has 0 aliphatic carbocycles. The summed E-state index contributed by atoms with van der Waals surface area (Å²) in [6, 6.07) is 8.25. The lowest BCUT2D eigenvalue weighted by atomic mass is 10.0. The van der Waals surface area contributed by atoms with Gasteiger partial charge in [0.1, 0.15) is 12.4 Å². The van der Waals surface area contributed by atoms with Crippen LogP contribution in [0.15, 0.2) is 28.7 Å². The first kappa shape index (κ1) is 21.3. The third-order valence-electron chi connectivity index (χ3n) is 5.35. The molecule has 0 spiro atoms. The molecule has 1 aliphatic rings. The van der Waals surface area contributed by atoms with Crippen molar-refractivity contribution in [1.82, 2.24) is 15.1 Å². The van der Waals surface area contributed by atoms with Gasteiger partial charge in [-0.3, -0.25) is 4.79 Å². The Morgan fingerprint density at radius 2 is 1.86 bits per heavy atom. The first-order valence-electron chi connectivity index (χ1n) is 10.9. The highest BCUT2D eigenvalue weighted by molar-refractivity contribution is 5.76. The average molecular weight is 400 g/mol. The van der Waals surface area contributed by atoms with E-state index in [1.54, 1.807) is 0 Å². The van der Waals surface area contributed by atoms with E-state index in [0.717, 1.165) is 31.6 Å². The Labute approximate surface area is 173 Å². The van der Waals surface area contributed by atoms with E-state index in [-0.39, 0.29) is 11.8 Å². The van der Waals surface area contributed by atoms with Gasteiger partial charge in [-0.1, -0.05) is 51.3 Å². The Kier molecular flexibility index (Phi) is 8.08.